The zero-order valence-electron chi connectivity index (χ0n) is 13.5. The van der Waals surface area contributed by atoms with Gasteiger partial charge in [-0.25, -0.2) is 13.6 Å². The number of amides is 2. The van der Waals surface area contributed by atoms with Gasteiger partial charge in [-0.15, -0.1) is 0 Å². The Balaban J connectivity index is 1.48. The summed E-state index contributed by atoms with van der Waals surface area (Å²) in [4.78, 5) is 11.8. The van der Waals surface area contributed by atoms with E-state index in [4.69, 9.17) is 9.47 Å². The van der Waals surface area contributed by atoms with E-state index in [9.17, 15) is 13.6 Å². The summed E-state index contributed by atoms with van der Waals surface area (Å²) in [6.45, 7) is 1.07. The van der Waals surface area contributed by atoms with Crippen molar-refractivity contribution in [2.24, 2.45) is 0 Å². The van der Waals surface area contributed by atoms with Gasteiger partial charge in [0.2, 0.25) is 0 Å². The van der Waals surface area contributed by atoms with Crippen LogP contribution in [-0.2, 0) is 24.3 Å². The highest BCUT2D eigenvalue weighted by molar-refractivity contribution is 5.73. The van der Waals surface area contributed by atoms with Gasteiger partial charge in [0.25, 0.3) is 0 Å². The maximum Gasteiger partial charge on any atom is 0.315 e. The van der Waals surface area contributed by atoms with Crippen molar-refractivity contribution >= 4 is 6.03 Å². The van der Waals surface area contributed by atoms with Crippen molar-refractivity contribution in [1.29, 1.82) is 0 Å². The molecule has 1 heterocycles. The minimum atomic E-state index is -0.358. The second-order valence-electron chi connectivity index (χ2n) is 5.65. The fraction of sp³-hybridized carbons (Fsp3) is 0.278. The third kappa shape index (κ3) is 4.67. The summed E-state index contributed by atoms with van der Waals surface area (Å²) in [6.07, 6.45) is 0.435. The third-order valence-corrected chi connectivity index (χ3v) is 3.80. The number of rotatable bonds is 5. The number of carbonyl (C=O) groups is 1. The first-order chi connectivity index (χ1) is 12.1. The van der Waals surface area contributed by atoms with Gasteiger partial charge >= 0.3 is 6.03 Å². The van der Waals surface area contributed by atoms with Crippen LogP contribution in [0.1, 0.15) is 16.7 Å². The molecule has 3 rings (SSSR count). The lowest BCUT2D eigenvalue weighted by Crippen LogP contribution is -2.36. The summed E-state index contributed by atoms with van der Waals surface area (Å²) in [5.41, 5.74) is 2.16. The molecule has 0 atom stereocenters. The van der Waals surface area contributed by atoms with E-state index in [0.717, 1.165) is 5.56 Å². The molecule has 2 aromatic carbocycles. The molecule has 0 aliphatic carbocycles. The molecule has 5 nitrogen and oxygen atoms in total. The molecule has 2 amide bonds. The van der Waals surface area contributed by atoms with E-state index in [2.05, 4.69) is 10.6 Å². The summed E-state index contributed by atoms with van der Waals surface area (Å²) in [5, 5.41) is 5.39. The largest absolute Gasteiger partial charge is 0.467 e. The van der Waals surface area contributed by atoms with Crippen molar-refractivity contribution in [2.45, 2.75) is 19.6 Å². The Morgan fingerprint density at radius 2 is 1.88 bits per heavy atom. The summed E-state index contributed by atoms with van der Waals surface area (Å²) in [5.74, 6) is -0.0518. The SMILES string of the molecule is O=C(NCCc1cc(F)cc2c1OCOC2)NCc1ccc(F)cc1. The molecule has 0 aromatic heterocycles. The first-order valence-electron chi connectivity index (χ1n) is 7.90. The Kier molecular flexibility index (Phi) is 5.45. The monoisotopic (exact) mass is 348 g/mol. The van der Waals surface area contributed by atoms with Crippen LogP contribution in [0.5, 0.6) is 5.75 Å². The molecule has 0 fully saturated rings. The highest BCUT2D eigenvalue weighted by atomic mass is 19.1. The molecule has 0 saturated heterocycles. The second kappa shape index (κ2) is 7.94. The molecule has 0 spiro atoms. The van der Waals surface area contributed by atoms with Crippen LogP contribution in [0.4, 0.5) is 13.6 Å². The summed E-state index contributed by atoms with van der Waals surface area (Å²) >= 11 is 0. The molecule has 25 heavy (non-hydrogen) atoms. The van der Waals surface area contributed by atoms with E-state index in [-0.39, 0.29) is 24.5 Å². The quantitative estimate of drug-likeness (QED) is 0.874. The lowest BCUT2D eigenvalue weighted by Gasteiger charge is -2.21. The van der Waals surface area contributed by atoms with Gasteiger partial charge in [-0.05, 0) is 41.8 Å². The summed E-state index contributed by atoms with van der Waals surface area (Å²) in [7, 11) is 0. The fourth-order valence-corrected chi connectivity index (χ4v) is 2.60. The Morgan fingerprint density at radius 3 is 2.68 bits per heavy atom. The van der Waals surface area contributed by atoms with Crippen LogP contribution in [0.15, 0.2) is 36.4 Å². The predicted molar refractivity (Wildman–Crippen MR) is 87.0 cm³/mol. The number of hydrogen-bond donors (Lipinski definition) is 2. The van der Waals surface area contributed by atoms with E-state index < -0.39 is 0 Å². The highest BCUT2D eigenvalue weighted by Gasteiger charge is 2.16. The van der Waals surface area contributed by atoms with E-state index in [0.29, 0.717) is 43.0 Å². The van der Waals surface area contributed by atoms with E-state index in [1.165, 1.54) is 24.3 Å². The van der Waals surface area contributed by atoms with Gasteiger partial charge in [0.15, 0.2) is 6.79 Å². The number of carbonyl (C=O) groups excluding carboxylic acids is 1. The molecule has 7 heteroatoms. The van der Waals surface area contributed by atoms with Gasteiger partial charge in [-0.3, -0.25) is 0 Å². The average molecular weight is 348 g/mol. The van der Waals surface area contributed by atoms with E-state index in [1.807, 2.05) is 0 Å². The summed E-state index contributed by atoms with van der Waals surface area (Å²) < 4.78 is 37.0. The Bertz CT molecular complexity index is 751. The molecule has 0 saturated carbocycles. The number of nitrogens with one attached hydrogen (secondary N) is 2. The number of benzene rings is 2. The maximum absolute atomic E-state index is 13.6. The first kappa shape index (κ1) is 17.2. The molecule has 132 valence electrons. The molecule has 0 radical (unpaired) electrons. The normalized spacial score (nSPS) is 12.9. The van der Waals surface area contributed by atoms with Crippen molar-refractivity contribution in [3.05, 3.63) is 64.7 Å². The highest BCUT2D eigenvalue weighted by Crippen LogP contribution is 2.29. The van der Waals surface area contributed by atoms with Crippen LogP contribution >= 0.6 is 0 Å². The van der Waals surface area contributed by atoms with Crippen molar-refractivity contribution in [3.8, 4) is 5.75 Å². The first-order valence-corrected chi connectivity index (χ1v) is 7.90. The Labute approximate surface area is 143 Å². The topological polar surface area (TPSA) is 59.6 Å². The minimum Gasteiger partial charge on any atom is -0.467 e. The number of ether oxygens (including phenoxy) is 2. The van der Waals surface area contributed by atoms with Crippen molar-refractivity contribution in [1.82, 2.24) is 10.6 Å². The molecule has 1 aliphatic heterocycles. The van der Waals surface area contributed by atoms with Gasteiger partial charge in [0, 0.05) is 18.7 Å². The molecule has 2 aromatic rings. The van der Waals surface area contributed by atoms with Gasteiger partial charge < -0.3 is 20.1 Å². The van der Waals surface area contributed by atoms with Crippen molar-refractivity contribution in [2.75, 3.05) is 13.3 Å². The lowest BCUT2D eigenvalue weighted by atomic mass is 10.1. The molecule has 0 bridgehead atoms. The van der Waals surface area contributed by atoms with E-state index >= 15 is 0 Å². The zero-order valence-corrected chi connectivity index (χ0v) is 13.5. The van der Waals surface area contributed by atoms with E-state index in [1.54, 1.807) is 12.1 Å². The molecule has 1 aliphatic rings. The van der Waals surface area contributed by atoms with Crippen LogP contribution < -0.4 is 15.4 Å². The fourth-order valence-electron chi connectivity index (χ4n) is 2.60. The van der Waals surface area contributed by atoms with Crippen LogP contribution in [0, 0.1) is 11.6 Å². The summed E-state index contributed by atoms with van der Waals surface area (Å²) in [6, 6.07) is 8.33. The molecule has 2 N–H and O–H groups in total. The lowest BCUT2D eigenvalue weighted by molar-refractivity contribution is -0.0172. The standard InChI is InChI=1S/C18H18F2N2O3/c19-15-3-1-12(2-4-15)9-22-18(23)21-6-5-13-7-16(20)8-14-10-24-11-25-17(13)14/h1-4,7-8H,5-6,9-11H2,(H2,21,22,23). The van der Waals surface area contributed by atoms with Gasteiger partial charge in [0.1, 0.15) is 17.4 Å². The van der Waals surface area contributed by atoms with Crippen molar-refractivity contribution in [3.63, 3.8) is 0 Å². The maximum atomic E-state index is 13.6. The number of halogens is 2. The molecular formula is C18H18F2N2O3. The Morgan fingerprint density at radius 1 is 1.08 bits per heavy atom. The van der Waals surface area contributed by atoms with Crippen LogP contribution in [0.25, 0.3) is 0 Å². The molecular weight excluding hydrogens is 330 g/mol. The number of hydrogen-bond acceptors (Lipinski definition) is 3. The van der Waals surface area contributed by atoms with Crippen LogP contribution in [0.3, 0.4) is 0 Å². The van der Waals surface area contributed by atoms with Gasteiger partial charge in [0.05, 0.1) is 6.61 Å². The zero-order chi connectivity index (χ0) is 17.6. The second-order valence-corrected chi connectivity index (χ2v) is 5.65. The average Bonchev–Trinajstić information content (AvgIpc) is 2.61. The number of urea groups is 1. The van der Waals surface area contributed by atoms with Gasteiger partial charge in [-0.2, -0.15) is 0 Å². The minimum absolute atomic E-state index is 0.136. The predicted octanol–water partition coefficient (Wildman–Crippen LogP) is 2.87. The Hall–Kier alpha value is -2.67. The molecule has 0 unspecified atom stereocenters. The van der Waals surface area contributed by atoms with Crippen molar-refractivity contribution < 1.29 is 23.0 Å². The van der Waals surface area contributed by atoms with Crippen LogP contribution in [-0.4, -0.2) is 19.4 Å². The smallest absolute Gasteiger partial charge is 0.315 e. The van der Waals surface area contributed by atoms with Crippen LogP contribution in [0.2, 0.25) is 0 Å². The van der Waals surface area contributed by atoms with Gasteiger partial charge in [-0.1, -0.05) is 12.1 Å². The number of fused-ring (bicyclic) bond motifs is 1. The third-order valence-electron chi connectivity index (χ3n) is 3.80.